The summed E-state index contributed by atoms with van der Waals surface area (Å²) in [5, 5.41) is 0. The molecule has 0 aliphatic carbocycles. The first kappa shape index (κ1) is 17.6. The van der Waals surface area contributed by atoms with Crippen molar-refractivity contribution in [1.29, 1.82) is 0 Å². The molecule has 0 saturated heterocycles. The van der Waals surface area contributed by atoms with Gasteiger partial charge in [0.2, 0.25) is 0 Å². The average molecular weight is 300 g/mol. The van der Waals surface area contributed by atoms with E-state index in [9.17, 15) is 0 Å². The minimum Gasteiger partial charge on any atom is -0.496 e. The molecule has 21 heavy (non-hydrogen) atoms. The van der Waals surface area contributed by atoms with E-state index in [1.165, 1.54) is 0 Å². The zero-order valence-corrected chi connectivity index (χ0v) is 13.6. The van der Waals surface area contributed by atoms with Crippen molar-refractivity contribution in [2.75, 3.05) is 42.7 Å². The van der Waals surface area contributed by atoms with Gasteiger partial charge in [0, 0.05) is 21.3 Å². The number of ether oxygens (including phenoxy) is 6. The predicted molar refractivity (Wildman–Crippen MR) is 78.2 cm³/mol. The van der Waals surface area contributed by atoms with Crippen LogP contribution in [0.25, 0.3) is 0 Å². The molecule has 0 saturated carbocycles. The van der Waals surface area contributed by atoms with E-state index in [0.29, 0.717) is 37.1 Å². The first-order valence-corrected chi connectivity index (χ1v) is 6.49. The first-order valence-electron chi connectivity index (χ1n) is 6.49. The molecule has 0 bridgehead atoms. The normalized spacial score (nSPS) is 10.6. The zero-order chi connectivity index (χ0) is 15.8. The summed E-state index contributed by atoms with van der Waals surface area (Å²) in [7, 11) is 9.66. The predicted octanol–water partition coefficient (Wildman–Crippen LogP) is 2.15. The van der Waals surface area contributed by atoms with E-state index in [2.05, 4.69) is 0 Å². The Kier molecular flexibility index (Phi) is 7.28. The maximum absolute atomic E-state index is 5.54. The van der Waals surface area contributed by atoms with E-state index < -0.39 is 0 Å². The zero-order valence-electron chi connectivity index (χ0n) is 13.6. The van der Waals surface area contributed by atoms with Crippen LogP contribution in [-0.4, -0.2) is 42.7 Å². The summed E-state index contributed by atoms with van der Waals surface area (Å²) in [6, 6.07) is 0. The van der Waals surface area contributed by atoms with Crippen molar-refractivity contribution in [2.45, 2.75) is 19.8 Å². The lowest BCUT2D eigenvalue weighted by Gasteiger charge is -2.23. The number of benzene rings is 1. The molecule has 0 radical (unpaired) electrons. The SMILES string of the molecule is COCc1c(OC)c(COC)c(OC)c(COC)c1OC. The average Bonchev–Trinajstić information content (AvgIpc) is 2.49. The Morgan fingerprint density at radius 1 is 0.476 bits per heavy atom. The van der Waals surface area contributed by atoms with E-state index in [0.717, 1.165) is 16.7 Å². The van der Waals surface area contributed by atoms with Crippen molar-refractivity contribution in [1.82, 2.24) is 0 Å². The highest BCUT2D eigenvalue weighted by Crippen LogP contribution is 2.44. The van der Waals surface area contributed by atoms with Gasteiger partial charge in [-0.1, -0.05) is 0 Å². The smallest absolute Gasteiger partial charge is 0.137 e. The molecule has 6 nitrogen and oxygen atoms in total. The van der Waals surface area contributed by atoms with Gasteiger partial charge in [0.05, 0.1) is 57.8 Å². The quantitative estimate of drug-likeness (QED) is 0.696. The van der Waals surface area contributed by atoms with Crippen LogP contribution >= 0.6 is 0 Å². The summed E-state index contributed by atoms with van der Waals surface area (Å²) in [6.45, 7) is 1.05. The van der Waals surface area contributed by atoms with Crippen molar-refractivity contribution in [2.24, 2.45) is 0 Å². The molecular formula is C15H24O6. The van der Waals surface area contributed by atoms with Gasteiger partial charge in [0.1, 0.15) is 17.2 Å². The molecule has 0 amide bonds. The topological polar surface area (TPSA) is 55.4 Å². The second-order valence-electron chi connectivity index (χ2n) is 4.33. The van der Waals surface area contributed by atoms with E-state index in [4.69, 9.17) is 28.4 Å². The summed E-state index contributed by atoms with van der Waals surface area (Å²) in [4.78, 5) is 0. The van der Waals surface area contributed by atoms with Crippen molar-refractivity contribution in [3.8, 4) is 17.2 Å². The highest BCUT2D eigenvalue weighted by Gasteiger charge is 2.26. The molecule has 0 aromatic heterocycles. The minimum atomic E-state index is 0.351. The summed E-state index contributed by atoms with van der Waals surface area (Å²) in [5.41, 5.74) is 2.42. The lowest BCUT2D eigenvalue weighted by molar-refractivity contribution is 0.160. The second-order valence-corrected chi connectivity index (χ2v) is 4.33. The van der Waals surface area contributed by atoms with Crippen LogP contribution in [0.2, 0.25) is 0 Å². The molecule has 0 aliphatic heterocycles. The minimum absolute atomic E-state index is 0.351. The van der Waals surface area contributed by atoms with Crippen LogP contribution in [0.4, 0.5) is 0 Å². The summed E-state index contributed by atoms with van der Waals surface area (Å²) < 4.78 is 32.4. The Balaban J connectivity index is 3.67. The molecule has 0 N–H and O–H groups in total. The Labute approximate surface area is 125 Å². The van der Waals surface area contributed by atoms with E-state index in [-0.39, 0.29) is 0 Å². The van der Waals surface area contributed by atoms with Gasteiger partial charge in [0.15, 0.2) is 0 Å². The van der Waals surface area contributed by atoms with Crippen LogP contribution in [0.15, 0.2) is 0 Å². The van der Waals surface area contributed by atoms with Gasteiger partial charge >= 0.3 is 0 Å². The van der Waals surface area contributed by atoms with Gasteiger partial charge in [-0.3, -0.25) is 0 Å². The van der Waals surface area contributed by atoms with Gasteiger partial charge in [-0.2, -0.15) is 0 Å². The molecule has 0 atom stereocenters. The van der Waals surface area contributed by atoms with Crippen LogP contribution in [0.5, 0.6) is 17.2 Å². The monoisotopic (exact) mass is 300 g/mol. The summed E-state index contributed by atoms with van der Waals surface area (Å²) in [6.07, 6.45) is 0. The van der Waals surface area contributed by atoms with Gasteiger partial charge in [0.25, 0.3) is 0 Å². The Morgan fingerprint density at radius 3 is 0.857 bits per heavy atom. The maximum Gasteiger partial charge on any atom is 0.137 e. The lowest BCUT2D eigenvalue weighted by atomic mass is 10.0. The fourth-order valence-corrected chi connectivity index (χ4v) is 2.42. The van der Waals surface area contributed by atoms with Crippen molar-refractivity contribution in [3.05, 3.63) is 16.7 Å². The Bertz CT molecular complexity index is 370. The standard InChI is InChI=1S/C15H24O6/c1-16-7-10-13(19-4)11(8-17-2)15(21-6)12(9-18-3)14(10)20-5/h7-9H2,1-6H3. The Hall–Kier alpha value is -1.50. The van der Waals surface area contributed by atoms with Gasteiger partial charge in [-0.05, 0) is 0 Å². The van der Waals surface area contributed by atoms with Crippen LogP contribution in [-0.2, 0) is 34.0 Å². The molecular weight excluding hydrogens is 276 g/mol. The number of rotatable bonds is 9. The highest BCUT2D eigenvalue weighted by atomic mass is 16.5. The molecule has 120 valence electrons. The molecule has 0 spiro atoms. The van der Waals surface area contributed by atoms with Crippen LogP contribution in [0, 0.1) is 0 Å². The van der Waals surface area contributed by atoms with Crippen molar-refractivity contribution in [3.63, 3.8) is 0 Å². The van der Waals surface area contributed by atoms with Crippen molar-refractivity contribution >= 4 is 0 Å². The summed E-state index contributed by atoms with van der Waals surface area (Å²) in [5.74, 6) is 1.94. The van der Waals surface area contributed by atoms with Crippen molar-refractivity contribution < 1.29 is 28.4 Å². The Morgan fingerprint density at radius 2 is 0.714 bits per heavy atom. The summed E-state index contributed by atoms with van der Waals surface area (Å²) >= 11 is 0. The third-order valence-corrected chi connectivity index (χ3v) is 3.12. The third kappa shape index (κ3) is 3.58. The molecule has 1 aromatic carbocycles. The molecule has 0 aliphatic rings. The first-order chi connectivity index (χ1) is 10.2. The number of hydrogen-bond acceptors (Lipinski definition) is 6. The molecule has 1 rings (SSSR count). The largest absolute Gasteiger partial charge is 0.496 e. The molecule has 0 heterocycles. The van der Waals surface area contributed by atoms with Gasteiger partial charge in [-0.25, -0.2) is 0 Å². The van der Waals surface area contributed by atoms with Gasteiger partial charge < -0.3 is 28.4 Å². The fourth-order valence-electron chi connectivity index (χ4n) is 2.42. The highest BCUT2D eigenvalue weighted by molar-refractivity contribution is 5.62. The number of methoxy groups -OCH3 is 6. The molecule has 6 heteroatoms. The fraction of sp³-hybridized carbons (Fsp3) is 0.600. The van der Waals surface area contributed by atoms with E-state index in [1.807, 2.05) is 0 Å². The number of hydrogen-bond donors (Lipinski definition) is 0. The van der Waals surface area contributed by atoms with E-state index >= 15 is 0 Å². The van der Waals surface area contributed by atoms with Gasteiger partial charge in [-0.15, -0.1) is 0 Å². The maximum atomic E-state index is 5.54. The van der Waals surface area contributed by atoms with Crippen LogP contribution < -0.4 is 14.2 Å². The van der Waals surface area contributed by atoms with E-state index in [1.54, 1.807) is 42.7 Å². The molecule has 0 fully saturated rings. The lowest BCUT2D eigenvalue weighted by Crippen LogP contribution is -2.10. The van der Waals surface area contributed by atoms with Crippen LogP contribution in [0.1, 0.15) is 16.7 Å². The molecule has 0 unspecified atom stereocenters. The third-order valence-electron chi connectivity index (χ3n) is 3.12. The second kappa shape index (κ2) is 8.71. The molecule has 1 aromatic rings. The van der Waals surface area contributed by atoms with Crippen LogP contribution in [0.3, 0.4) is 0 Å².